The molecule has 4 nitrogen and oxygen atoms in total. The predicted octanol–water partition coefficient (Wildman–Crippen LogP) is -0.140. The molecule has 4 heteroatoms. The third-order valence-corrected chi connectivity index (χ3v) is 1.20. The summed E-state index contributed by atoms with van der Waals surface area (Å²) in [6.07, 6.45) is 1.46. The Morgan fingerprint density at radius 3 is 2.90 bits per heavy atom. The van der Waals surface area contributed by atoms with E-state index < -0.39 is 0 Å². The topological polar surface area (TPSA) is 72.0 Å². The molecule has 54 valence electrons. The molecule has 0 radical (unpaired) electrons. The molecule has 0 fully saturated rings. The summed E-state index contributed by atoms with van der Waals surface area (Å²) >= 11 is 0. The highest BCUT2D eigenvalue weighted by atomic mass is 16.3. The molecule has 0 aliphatic carbocycles. The molecule has 0 saturated heterocycles. The summed E-state index contributed by atoms with van der Waals surface area (Å²) in [6, 6.07) is 0. The van der Waals surface area contributed by atoms with Gasteiger partial charge in [-0.25, -0.2) is 4.98 Å². The van der Waals surface area contributed by atoms with Crippen molar-refractivity contribution in [1.29, 1.82) is 0 Å². The van der Waals surface area contributed by atoms with Crippen molar-refractivity contribution in [3.63, 3.8) is 0 Å². The monoisotopic (exact) mass is 139 g/mol. The molecule has 0 atom stereocenters. The minimum absolute atomic E-state index is 0.0892. The molecule has 10 heavy (non-hydrogen) atoms. The second-order valence-electron chi connectivity index (χ2n) is 1.99. The first-order valence-corrected chi connectivity index (χ1v) is 2.93. The molecule has 0 bridgehead atoms. The second kappa shape index (κ2) is 2.62. The van der Waals surface area contributed by atoms with Gasteiger partial charge in [-0.2, -0.15) is 0 Å². The maximum Gasteiger partial charge on any atom is 0.144 e. The lowest BCUT2D eigenvalue weighted by molar-refractivity contribution is 0.276. The highest BCUT2D eigenvalue weighted by Crippen LogP contribution is 2.02. The highest BCUT2D eigenvalue weighted by Gasteiger charge is 1.96. The Balaban J connectivity index is 3.04. The molecular weight excluding hydrogens is 130 g/mol. The summed E-state index contributed by atoms with van der Waals surface area (Å²) in [5, 5.41) is 8.61. The first-order chi connectivity index (χ1) is 4.74. The average molecular weight is 139 g/mol. The van der Waals surface area contributed by atoms with Crippen molar-refractivity contribution in [3.05, 3.63) is 17.6 Å². The first-order valence-electron chi connectivity index (χ1n) is 2.93. The van der Waals surface area contributed by atoms with Crippen LogP contribution in [-0.2, 0) is 6.61 Å². The van der Waals surface area contributed by atoms with Crippen LogP contribution >= 0.6 is 0 Å². The van der Waals surface area contributed by atoms with E-state index in [-0.39, 0.29) is 6.61 Å². The van der Waals surface area contributed by atoms with E-state index in [2.05, 4.69) is 9.97 Å². The first kappa shape index (κ1) is 6.95. The standard InChI is InChI=1S/C6H9N3O/c1-4-6(7)8-2-5(3-10)9-4/h2,10H,3H2,1H3,(H2,7,8). The van der Waals surface area contributed by atoms with E-state index in [1.165, 1.54) is 6.20 Å². The van der Waals surface area contributed by atoms with Crippen LogP contribution in [0.25, 0.3) is 0 Å². The lowest BCUT2D eigenvalue weighted by Gasteiger charge is -1.98. The smallest absolute Gasteiger partial charge is 0.144 e. The fourth-order valence-electron chi connectivity index (χ4n) is 0.615. The predicted molar refractivity (Wildman–Crippen MR) is 37.1 cm³/mol. The van der Waals surface area contributed by atoms with Gasteiger partial charge in [0.25, 0.3) is 0 Å². The van der Waals surface area contributed by atoms with Gasteiger partial charge in [-0.1, -0.05) is 0 Å². The van der Waals surface area contributed by atoms with Crippen LogP contribution in [0.2, 0.25) is 0 Å². The van der Waals surface area contributed by atoms with Crippen LogP contribution in [0.1, 0.15) is 11.4 Å². The van der Waals surface area contributed by atoms with Crippen LogP contribution in [0.15, 0.2) is 6.20 Å². The van der Waals surface area contributed by atoms with E-state index in [1.807, 2.05) is 0 Å². The lowest BCUT2D eigenvalue weighted by Crippen LogP contribution is -1.99. The molecule has 0 saturated carbocycles. The third-order valence-electron chi connectivity index (χ3n) is 1.20. The van der Waals surface area contributed by atoms with Crippen molar-refractivity contribution >= 4 is 5.82 Å². The van der Waals surface area contributed by atoms with Crippen molar-refractivity contribution in [2.45, 2.75) is 13.5 Å². The second-order valence-corrected chi connectivity index (χ2v) is 1.99. The summed E-state index contributed by atoms with van der Waals surface area (Å²) in [4.78, 5) is 7.76. The number of nitrogens with two attached hydrogens (primary N) is 1. The van der Waals surface area contributed by atoms with Crippen molar-refractivity contribution in [2.24, 2.45) is 0 Å². The summed E-state index contributed by atoms with van der Waals surface area (Å²) in [7, 11) is 0. The zero-order valence-electron chi connectivity index (χ0n) is 5.70. The van der Waals surface area contributed by atoms with Crippen molar-refractivity contribution < 1.29 is 5.11 Å². The maximum absolute atomic E-state index is 8.61. The van der Waals surface area contributed by atoms with Crippen LogP contribution in [0, 0.1) is 6.92 Å². The van der Waals surface area contributed by atoms with E-state index in [1.54, 1.807) is 6.92 Å². The number of nitrogens with zero attached hydrogens (tertiary/aromatic N) is 2. The number of anilines is 1. The SMILES string of the molecule is Cc1nc(CO)cnc1N. The van der Waals surface area contributed by atoms with Gasteiger partial charge in [-0.3, -0.25) is 4.98 Å². The summed E-state index contributed by atoms with van der Waals surface area (Å²) in [6.45, 7) is 1.66. The van der Waals surface area contributed by atoms with Gasteiger partial charge in [-0.15, -0.1) is 0 Å². The van der Waals surface area contributed by atoms with Gasteiger partial charge in [0.1, 0.15) is 5.82 Å². The Bertz CT molecular complexity index is 236. The number of nitrogen functional groups attached to an aromatic ring is 1. The quantitative estimate of drug-likeness (QED) is 0.568. The van der Waals surface area contributed by atoms with Gasteiger partial charge in [0.2, 0.25) is 0 Å². The average Bonchev–Trinajstić information content (AvgIpc) is 1.95. The normalized spacial score (nSPS) is 9.80. The zero-order valence-corrected chi connectivity index (χ0v) is 5.70. The summed E-state index contributed by atoms with van der Waals surface area (Å²) in [5.41, 5.74) is 6.59. The number of aryl methyl sites for hydroxylation is 1. The Hall–Kier alpha value is -1.16. The number of aromatic nitrogens is 2. The molecule has 1 heterocycles. The fourth-order valence-corrected chi connectivity index (χ4v) is 0.615. The Morgan fingerprint density at radius 1 is 1.70 bits per heavy atom. The summed E-state index contributed by atoms with van der Waals surface area (Å²) in [5.74, 6) is 0.414. The van der Waals surface area contributed by atoms with Gasteiger partial charge < -0.3 is 10.8 Å². The van der Waals surface area contributed by atoms with Gasteiger partial charge in [0.05, 0.1) is 24.2 Å². The van der Waals surface area contributed by atoms with Crippen LogP contribution in [-0.4, -0.2) is 15.1 Å². The molecule has 1 rings (SSSR count). The minimum Gasteiger partial charge on any atom is -0.390 e. The third kappa shape index (κ3) is 1.22. The van der Waals surface area contributed by atoms with E-state index >= 15 is 0 Å². The molecule has 3 N–H and O–H groups in total. The van der Waals surface area contributed by atoms with E-state index in [0.717, 1.165) is 0 Å². The van der Waals surface area contributed by atoms with Crippen LogP contribution in [0.5, 0.6) is 0 Å². The van der Waals surface area contributed by atoms with Crippen LogP contribution < -0.4 is 5.73 Å². The number of rotatable bonds is 1. The van der Waals surface area contributed by atoms with Crippen LogP contribution in [0.4, 0.5) is 5.82 Å². The highest BCUT2D eigenvalue weighted by molar-refractivity contribution is 5.32. The van der Waals surface area contributed by atoms with Crippen LogP contribution in [0.3, 0.4) is 0 Å². The molecular formula is C6H9N3O. The molecule has 1 aromatic rings. The number of hydrogen-bond acceptors (Lipinski definition) is 4. The lowest BCUT2D eigenvalue weighted by atomic mass is 10.4. The van der Waals surface area contributed by atoms with Gasteiger partial charge >= 0.3 is 0 Å². The maximum atomic E-state index is 8.61. The van der Waals surface area contributed by atoms with Crippen molar-refractivity contribution in [3.8, 4) is 0 Å². The molecule has 0 aliphatic rings. The molecule has 1 aromatic heterocycles. The Morgan fingerprint density at radius 2 is 2.40 bits per heavy atom. The van der Waals surface area contributed by atoms with Crippen molar-refractivity contribution in [1.82, 2.24) is 9.97 Å². The van der Waals surface area contributed by atoms with Crippen molar-refractivity contribution in [2.75, 3.05) is 5.73 Å². The van der Waals surface area contributed by atoms with E-state index in [0.29, 0.717) is 17.2 Å². The van der Waals surface area contributed by atoms with Gasteiger partial charge in [0.15, 0.2) is 0 Å². The number of aliphatic hydroxyl groups excluding tert-OH is 1. The summed E-state index contributed by atoms with van der Waals surface area (Å²) < 4.78 is 0. The number of aliphatic hydroxyl groups is 1. The fraction of sp³-hybridized carbons (Fsp3) is 0.333. The molecule has 0 unspecified atom stereocenters. The Kier molecular flexibility index (Phi) is 1.82. The largest absolute Gasteiger partial charge is 0.390 e. The van der Waals surface area contributed by atoms with Gasteiger partial charge in [0, 0.05) is 0 Å². The van der Waals surface area contributed by atoms with E-state index in [9.17, 15) is 0 Å². The molecule has 0 aromatic carbocycles. The molecule has 0 aliphatic heterocycles. The minimum atomic E-state index is -0.0892. The van der Waals surface area contributed by atoms with E-state index in [4.69, 9.17) is 10.8 Å². The Labute approximate surface area is 58.7 Å². The van der Waals surface area contributed by atoms with Gasteiger partial charge in [-0.05, 0) is 6.92 Å². The molecule has 0 spiro atoms. The molecule has 0 amide bonds. The zero-order chi connectivity index (χ0) is 7.56. The number of hydrogen-bond donors (Lipinski definition) is 2.